The molecule has 2 unspecified atom stereocenters. The van der Waals surface area contributed by atoms with Crippen LogP contribution in [0.25, 0.3) is 0 Å². The van der Waals surface area contributed by atoms with E-state index in [4.69, 9.17) is 4.74 Å². The number of hydrogen-bond donors (Lipinski definition) is 1. The second-order valence-corrected chi connectivity index (χ2v) is 7.89. The average molecular weight is 358 g/mol. The molecule has 140 valence electrons. The predicted octanol–water partition coefficient (Wildman–Crippen LogP) is 3.17. The molecule has 0 spiro atoms. The molecule has 2 aliphatic carbocycles. The fourth-order valence-corrected chi connectivity index (χ4v) is 4.21. The molecular weight excluding hydrogens is 332 g/mol. The molecular formula is C20H26N2O4. The summed E-state index contributed by atoms with van der Waals surface area (Å²) in [4.78, 5) is 23.4. The van der Waals surface area contributed by atoms with Gasteiger partial charge in [-0.15, -0.1) is 0 Å². The van der Waals surface area contributed by atoms with Crippen LogP contribution in [-0.2, 0) is 9.53 Å². The number of carbonyl (C=O) groups is 2. The lowest BCUT2D eigenvalue weighted by Gasteiger charge is -2.34. The van der Waals surface area contributed by atoms with E-state index in [1.165, 1.54) is 13.5 Å². The first kappa shape index (κ1) is 18.4. The molecule has 0 radical (unpaired) electrons. The Morgan fingerprint density at radius 2 is 1.92 bits per heavy atom. The molecule has 1 aromatic rings. The van der Waals surface area contributed by atoms with Gasteiger partial charge in [0, 0.05) is 11.1 Å². The van der Waals surface area contributed by atoms with Crippen molar-refractivity contribution in [1.29, 1.82) is 0 Å². The summed E-state index contributed by atoms with van der Waals surface area (Å²) in [5, 5.41) is 4.41. The van der Waals surface area contributed by atoms with Crippen molar-refractivity contribution in [2.45, 2.75) is 40.0 Å². The van der Waals surface area contributed by atoms with Gasteiger partial charge >= 0.3 is 5.97 Å². The lowest BCUT2D eigenvalue weighted by Crippen LogP contribution is -2.35. The third-order valence-corrected chi connectivity index (χ3v) is 6.47. The molecule has 0 heterocycles. The number of esters is 1. The Morgan fingerprint density at radius 1 is 1.23 bits per heavy atom. The highest BCUT2D eigenvalue weighted by molar-refractivity contribution is 5.95. The van der Waals surface area contributed by atoms with Gasteiger partial charge in [-0.25, -0.2) is 10.2 Å². The highest BCUT2D eigenvalue weighted by Gasteiger charge is 2.59. The van der Waals surface area contributed by atoms with E-state index in [0.29, 0.717) is 17.2 Å². The molecule has 2 atom stereocenters. The number of rotatable bonds is 5. The normalized spacial score (nSPS) is 27.4. The smallest absolute Gasteiger partial charge is 0.337 e. The predicted molar refractivity (Wildman–Crippen MR) is 98.1 cm³/mol. The van der Waals surface area contributed by atoms with Crippen LogP contribution < -0.4 is 10.2 Å². The van der Waals surface area contributed by atoms with Crippen molar-refractivity contribution in [2.75, 3.05) is 13.7 Å². The Morgan fingerprint density at radius 3 is 2.46 bits per heavy atom. The standard InChI is InChI=1S/C20H26N2O4/c1-19(2)14-9-10-20(19,3)16(11-14)21-22-17(23)12-26-15-7-5-13(6-8-15)18(24)25-4/h5-8,14H,9-12H2,1-4H3,(H,22,23)/b21-16+. The van der Waals surface area contributed by atoms with Crippen LogP contribution in [0.4, 0.5) is 0 Å². The Hall–Kier alpha value is -2.37. The minimum Gasteiger partial charge on any atom is -0.484 e. The summed E-state index contributed by atoms with van der Waals surface area (Å²) < 4.78 is 10.1. The summed E-state index contributed by atoms with van der Waals surface area (Å²) in [5.41, 5.74) is 4.45. The average Bonchev–Trinajstić information content (AvgIpc) is 2.97. The van der Waals surface area contributed by atoms with Gasteiger partial charge in [0.05, 0.1) is 12.7 Å². The fourth-order valence-electron chi connectivity index (χ4n) is 4.21. The molecule has 2 aliphatic rings. The van der Waals surface area contributed by atoms with E-state index < -0.39 is 5.97 Å². The van der Waals surface area contributed by atoms with Gasteiger partial charge in [0.25, 0.3) is 5.91 Å². The summed E-state index contributed by atoms with van der Waals surface area (Å²) in [6.45, 7) is 6.73. The molecule has 1 amide bonds. The van der Waals surface area contributed by atoms with Gasteiger partial charge in [0.15, 0.2) is 6.61 Å². The first-order valence-corrected chi connectivity index (χ1v) is 8.95. The Kier molecular flexibility index (Phi) is 4.78. The van der Waals surface area contributed by atoms with Crippen molar-refractivity contribution in [3.63, 3.8) is 0 Å². The van der Waals surface area contributed by atoms with Gasteiger partial charge in [-0.1, -0.05) is 20.8 Å². The zero-order chi connectivity index (χ0) is 18.9. The van der Waals surface area contributed by atoms with Crippen molar-refractivity contribution in [1.82, 2.24) is 5.43 Å². The van der Waals surface area contributed by atoms with Gasteiger partial charge in [0.2, 0.25) is 0 Å². The lowest BCUT2D eigenvalue weighted by molar-refractivity contribution is -0.123. The Balaban J connectivity index is 1.53. The second kappa shape index (κ2) is 6.74. The number of nitrogens with one attached hydrogen (secondary N) is 1. The zero-order valence-corrected chi connectivity index (χ0v) is 15.8. The maximum atomic E-state index is 12.0. The first-order chi connectivity index (χ1) is 12.3. The molecule has 3 rings (SSSR count). The molecule has 1 N–H and O–H groups in total. The quantitative estimate of drug-likeness (QED) is 0.648. The summed E-state index contributed by atoms with van der Waals surface area (Å²) >= 11 is 0. The van der Waals surface area contributed by atoms with Crippen molar-refractivity contribution >= 4 is 17.6 Å². The van der Waals surface area contributed by atoms with Crippen LogP contribution in [-0.4, -0.2) is 31.3 Å². The molecule has 2 saturated carbocycles. The largest absolute Gasteiger partial charge is 0.484 e. The van der Waals surface area contributed by atoms with Crippen LogP contribution in [0.1, 0.15) is 50.4 Å². The summed E-state index contributed by atoms with van der Waals surface area (Å²) in [5.74, 6) is 0.451. The molecule has 0 aliphatic heterocycles. The number of fused-ring (bicyclic) bond motifs is 2. The lowest BCUT2D eigenvalue weighted by atomic mass is 9.70. The van der Waals surface area contributed by atoms with Crippen molar-refractivity contribution in [2.24, 2.45) is 21.8 Å². The van der Waals surface area contributed by atoms with E-state index in [-0.39, 0.29) is 23.3 Å². The van der Waals surface area contributed by atoms with Crippen LogP contribution >= 0.6 is 0 Å². The Labute approximate surface area is 153 Å². The number of ether oxygens (including phenoxy) is 2. The molecule has 0 aromatic heterocycles. The van der Waals surface area contributed by atoms with Crippen LogP contribution in [0, 0.1) is 16.7 Å². The van der Waals surface area contributed by atoms with Gasteiger partial charge in [0.1, 0.15) is 5.75 Å². The van der Waals surface area contributed by atoms with Gasteiger partial charge in [-0.3, -0.25) is 4.79 Å². The maximum absolute atomic E-state index is 12.0. The monoisotopic (exact) mass is 358 g/mol. The van der Waals surface area contributed by atoms with E-state index in [9.17, 15) is 9.59 Å². The summed E-state index contributed by atoms with van der Waals surface area (Å²) in [6, 6.07) is 6.45. The SMILES string of the molecule is COC(=O)c1ccc(OCC(=O)N/N=C2\CC3CCC2(C)C3(C)C)cc1. The van der Waals surface area contributed by atoms with Crippen LogP contribution in [0.2, 0.25) is 0 Å². The minimum atomic E-state index is -0.410. The fraction of sp³-hybridized carbons (Fsp3) is 0.550. The third-order valence-electron chi connectivity index (χ3n) is 6.47. The van der Waals surface area contributed by atoms with Gasteiger partial charge in [-0.05, 0) is 54.9 Å². The minimum absolute atomic E-state index is 0.0650. The third kappa shape index (κ3) is 3.08. The van der Waals surface area contributed by atoms with Crippen molar-refractivity contribution < 1.29 is 19.1 Å². The van der Waals surface area contributed by atoms with Crippen molar-refractivity contribution in [3.05, 3.63) is 29.8 Å². The van der Waals surface area contributed by atoms with Gasteiger partial charge in [-0.2, -0.15) is 5.10 Å². The molecule has 2 bridgehead atoms. The molecule has 26 heavy (non-hydrogen) atoms. The number of carbonyl (C=O) groups excluding carboxylic acids is 2. The molecule has 1 aromatic carbocycles. The molecule has 6 nitrogen and oxygen atoms in total. The summed E-state index contributed by atoms with van der Waals surface area (Å²) in [7, 11) is 1.33. The number of methoxy groups -OCH3 is 1. The van der Waals surface area contributed by atoms with Crippen LogP contribution in [0.15, 0.2) is 29.4 Å². The number of hydrogen-bond acceptors (Lipinski definition) is 5. The van der Waals surface area contributed by atoms with E-state index in [1.54, 1.807) is 24.3 Å². The number of benzene rings is 1. The first-order valence-electron chi connectivity index (χ1n) is 8.95. The Bertz CT molecular complexity index is 739. The van der Waals surface area contributed by atoms with Crippen LogP contribution in [0.3, 0.4) is 0 Å². The summed E-state index contributed by atoms with van der Waals surface area (Å²) in [6.07, 6.45) is 3.32. The zero-order valence-electron chi connectivity index (χ0n) is 15.8. The highest BCUT2D eigenvalue weighted by atomic mass is 16.5. The number of amides is 1. The second-order valence-electron chi connectivity index (χ2n) is 7.89. The highest BCUT2D eigenvalue weighted by Crippen LogP contribution is 2.63. The van der Waals surface area contributed by atoms with E-state index in [1.807, 2.05) is 0 Å². The molecule has 6 heteroatoms. The van der Waals surface area contributed by atoms with Crippen LogP contribution in [0.5, 0.6) is 5.75 Å². The topological polar surface area (TPSA) is 77.0 Å². The maximum Gasteiger partial charge on any atom is 0.337 e. The van der Waals surface area contributed by atoms with E-state index in [0.717, 1.165) is 18.6 Å². The van der Waals surface area contributed by atoms with E-state index >= 15 is 0 Å². The number of nitrogens with zero attached hydrogens (tertiary/aromatic N) is 1. The number of hydrazone groups is 1. The van der Waals surface area contributed by atoms with Gasteiger partial charge < -0.3 is 9.47 Å². The van der Waals surface area contributed by atoms with E-state index in [2.05, 4.69) is 36.0 Å². The molecule has 0 saturated heterocycles. The van der Waals surface area contributed by atoms with Crippen molar-refractivity contribution in [3.8, 4) is 5.75 Å². The molecule has 2 fully saturated rings.